The summed E-state index contributed by atoms with van der Waals surface area (Å²) >= 11 is 0. The number of carboxylic acids is 1. The number of methoxy groups -OCH3 is 1. The maximum Gasteiger partial charge on any atom is 0.490 e. The van der Waals surface area contributed by atoms with Crippen molar-refractivity contribution in [1.82, 2.24) is 14.8 Å². The van der Waals surface area contributed by atoms with E-state index in [0.717, 1.165) is 70.5 Å². The molecule has 0 unspecified atom stereocenters. The lowest BCUT2D eigenvalue weighted by Gasteiger charge is -2.41. The molecule has 1 spiro atoms. The molecule has 11 heteroatoms. The number of pyridine rings is 1. The van der Waals surface area contributed by atoms with Crippen LogP contribution < -0.4 is 4.74 Å². The lowest BCUT2D eigenvalue weighted by molar-refractivity contribution is -0.192. The van der Waals surface area contributed by atoms with Gasteiger partial charge in [-0.25, -0.2) is 9.78 Å². The van der Waals surface area contributed by atoms with Gasteiger partial charge < -0.3 is 19.5 Å². The van der Waals surface area contributed by atoms with Crippen LogP contribution in [0.15, 0.2) is 18.3 Å². The molecule has 0 aliphatic carbocycles. The summed E-state index contributed by atoms with van der Waals surface area (Å²) in [7, 11) is 1.67. The summed E-state index contributed by atoms with van der Waals surface area (Å²) in [6.07, 6.45) is 1.39. The van der Waals surface area contributed by atoms with Crippen molar-refractivity contribution in [3.63, 3.8) is 0 Å². The molecule has 1 aromatic rings. The predicted molar refractivity (Wildman–Crippen MR) is 107 cm³/mol. The second-order valence-corrected chi connectivity index (χ2v) is 8.30. The molecule has 2 atom stereocenters. The van der Waals surface area contributed by atoms with E-state index < -0.39 is 12.1 Å². The Morgan fingerprint density at radius 3 is 2.78 bits per heavy atom. The smallest absolute Gasteiger partial charge is 0.481 e. The van der Waals surface area contributed by atoms with Gasteiger partial charge in [-0.05, 0) is 31.7 Å². The highest BCUT2D eigenvalue weighted by atomic mass is 19.4. The lowest BCUT2D eigenvalue weighted by atomic mass is 9.89. The van der Waals surface area contributed by atoms with Gasteiger partial charge in [-0.15, -0.1) is 0 Å². The molecule has 3 aliphatic rings. The van der Waals surface area contributed by atoms with Crippen molar-refractivity contribution in [2.24, 2.45) is 0 Å². The largest absolute Gasteiger partial charge is 0.490 e. The number of hydrogen-bond acceptors (Lipinski definition) is 6. The summed E-state index contributed by atoms with van der Waals surface area (Å²) in [4.78, 5) is 29.8. The maximum atomic E-state index is 12.1. The van der Waals surface area contributed by atoms with Crippen molar-refractivity contribution in [1.29, 1.82) is 0 Å². The van der Waals surface area contributed by atoms with E-state index in [1.165, 1.54) is 0 Å². The number of carboxylic acid groups (broad SMARTS) is 1. The fourth-order valence-electron chi connectivity index (χ4n) is 4.64. The Morgan fingerprint density at radius 1 is 1.41 bits per heavy atom. The van der Waals surface area contributed by atoms with Crippen LogP contribution in [0.4, 0.5) is 13.2 Å². The monoisotopic (exact) mass is 459 g/mol. The third-order valence-corrected chi connectivity index (χ3v) is 6.09. The molecule has 1 aromatic heterocycles. The number of alkyl halides is 3. The zero-order chi connectivity index (χ0) is 23.4. The highest BCUT2D eigenvalue weighted by Crippen LogP contribution is 2.37. The molecule has 4 heterocycles. The Hall–Kier alpha value is -2.40. The number of ether oxygens (including phenoxy) is 2. The van der Waals surface area contributed by atoms with Gasteiger partial charge in [-0.3, -0.25) is 9.69 Å². The van der Waals surface area contributed by atoms with Crippen molar-refractivity contribution < 1.29 is 37.3 Å². The first-order chi connectivity index (χ1) is 15.1. The highest BCUT2D eigenvalue weighted by Gasteiger charge is 2.45. The van der Waals surface area contributed by atoms with Gasteiger partial charge >= 0.3 is 12.1 Å². The summed E-state index contributed by atoms with van der Waals surface area (Å²) in [6, 6.07) is 4.39. The van der Waals surface area contributed by atoms with Gasteiger partial charge in [0.25, 0.3) is 0 Å². The fourth-order valence-corrected chi connectivity index (χ4v) is 4.64. The first-order valence-corrected chi connectivity index (χ1v) is 10.6. The number of amides is 1. The standard InChI is InChI=1S/C19H27N3O3.C2HF3O2/c1-24-18-15(4-2-8-20-18)13-21-10-7-19(14-21)12-16(6-11-25-19)22-9-3-5-17(22)23;3-2(4,5)1(6)7/h2,4,8,16H,3,5-7,9-14H2,1H3;(H,6,7)/t16-,19+;/m0./s1. The van der Waals surface area contributed by atoms with Crippen LogP contribution in [-0.2, 0) is 20.9 Å². The van der Waals surface area contributed by atoms with Crippen LogP contribution in [0.25, 0.3) is 0 Å². The van der Waals surface area contributed by atoms with Crippen molar-refractivity contribution in [2.45, 2.75) is 56.5 Å². The van der Waals surface area contributed by atoms with Gasteiger partial charge in [0, 0.05) is 57.0 Å². The Bertz CT molecular complexity index is 822. The molecule has 0 aromatic carbocycles. The first-order valence-electron chi connectivity index (χ1n) is 10.6. The summed E-state index contributed by atoms with van der Waals surface area (Å²) in [5.41, 5.74) is 1.02. The molecule has 3 saturated heterocycles. The van der Waals surface area contributed by atoms with Gasteiger partial charge in [-0.2, -0.15) is 13.2 Å². The Kier molecular flexibility index (Phi) is 7.60. The molecule has 0 bridgehead atoms. The van der Waals surface area contributed by atoms with Crippen molar-refractivity contribution in [3.8, 4) is 5.88 Å². The number of rotatable bonds is 4. The SMILES string of the molecule is COc1ncccc1CN1CC[C@@]2(C[C@@H](N3CCCC3=O)CCO2)C1.O=C(O)C(F)(F)F. The molecule has 1 N–H and O–H groups in total. The van der Waals surface area contributed by atoms with Crippen molar-refractivity contribution in [2.75, 3.05) is 33.4 Å². The molecule has 8 nitrogen and oxygen atoms in total. The summed E-state index contributed by atoms with van der Waals surface area (Å²) < 4.78 is 43.4. The van der Waals surface area contributed by atoms with Gasteiger partial charge in [0.1, 0.15) is 0 Å². The number of hydrogen-bond donors (Lipinski definition) is 1. The third-order valence-electron chi connectivity index (χ3n) is 6.09. The number of likely N-dealkylation sites (tertiary alicyclic amines) is 2. The minimum atomic E-state index is -5.08. The Labute approximate surface area is 184 Å². The van der Waals surface area contributed by atoms with Crippen molar-refractivity contribution in [3.05, 3.63) is 23.9 Å². The quantitative estimate of drug-likeness (QED) is 0.740. The molecule has 1 amide bonds. The van der Waals surface area contributed by atoms with Gasteiger partial charge in [-0.1, -0.05) is 6.07 Å². The highest BCUT2D eigenvalue weighted by molar-refractivity contribution is 5.78. The van der Waals surface area contributed by atoms with E-state index in [1.54, 1.807) is 13.3 Å². The van der Waals surface area contributed by atoms with E-state index in [0.29, 0.717) is 17.8 Å². The van der Waals surface area contributed by atoms with Crippen LogP contribution in [0.1, 0.15) is 37.7 Å². The molecule has 3 aliphatic heterocycles. The number of halogens is 3. The molecule has 3 fully saturated rings. The van der Waals surface area contributed by atoms with E-state index in [1.807, 2.05) is 6.07 Å². The van der Waals surface area contributed by atoms with E-state index in [2.05, 4.69) is 20.9 Å². The van der Waals surface area contributed by atoms with Crippen molar-refractivity contribution >= 4 is 11.9 Å². The summed E-state index contributed by atoms with van der Waals surface area (Å²) in [5.74, 6) is -1.72. The van der Waals surface area contributed by atoms with Crippen LogP contribution >= 0.6 is 0 Å². The van der Waals surface area contributed by atoms with Crippen LogP contribution in [0.3, 0.4) is 0 Å². The van der Waals surface area contributed by atoms with Crippen LogP contribution in [0.5, 0.6) is 5.88 Å². The van der Waals surface area contributed by atoms with Crippen LogP contribution in [0, 0.1) is 0 Å². The van der Waals surface area contributed by atoms with Crippen LogP contribution in [0.2, 0.25) is 0 Å². The third kappa shape index (κ3) is 5.89. The average Bonchev–Trinajstić information content (AvgIpc) is 3.34. The molecular weight excluding hydrogens is 431 g/mol. The molecular formula is C21H28F3N3O5. The molecule has 178 valence electrons. The van der Waals surface area contributed by atoms with E-state index >= 15 is 0 Å². The topological polar surface area (TPSA) is 92.2 Å². The van der Waals surface area contributed by atoms with Gasteiger partial charge in [0.15, 0.2) is 0 Å². The zero-order valence-corrected chi connectivity index (χ0v) is 17.9. The number of aromatic nitrogens is 1. The molecule has 0 radical (unpaired) electrons. The second kappa shape index (κ2) is 10.0. The molecule has 4 rings (SSSR count). The number of aliphatic carboxylic acids is 1. The van der Waals surface area contributed by atoms with Crippen LogP contribution in [-0.4, -0.2) is 82.9 Å². The molecule has 0 saturated carbocycles. The number of carbonyl (C=O) groups excluding carboxylic acids is 1. The van der Waals surface area contributed by atoms with Gasteiger partial charge in [0.2, 0.25) is 11.8 Å². The summed E-state index contributed by atoms with van der Waals surface area (Å²) in [6.45, 7) is 4.45. The first kappa shape index (κ1) is 24.2. The minimum Gasteiger partial charge on any atom is -0.481 e. The molecule has 32 heavy (non-hydrogen) atoms. The Balaban J connectivity index is 0.000000360. The lowest BCUT2D eigenvalue weighted by Crippen LogP contribution is -2.50. The Morgan fingerprint density at radius 2 is 2.16 bits per heavy atom. The normalized spacial score (nSPS) is 26.2. The summed E-state index contributed by atoms with van der Waals surface area (Å²) in [5, 5.41) is 7.12. The van der Waals surface area contributed by atoms with E-state index in [9.17, 15) is 18.0 Å². The van der Waals surface area contributed by atoms with E-state index in [4.69, 9.17) is 19.4 Å². The maximum absolute atomic E-state index is 12.1. The predicted octanol–water partition coefficient (Wildman–Crippen LogP) is 2.47. The second-order valence-electron chi connectivity index (χ2n) is 8.30. The number of carbonyl (C=O) groups is 2. The fraction of sp³-hybridized carbons (Fsp3) is 0.667. The van der Waals surface area contributed by atoms with Gasteiger partial charge in [0.05, 0.1) is 12.7 Å². The minimum absolute atomic E-state index is 0.0960. The van der Waals surface area contributed by atoms with E-state index in [-0.39, 0.29) is 5.60 Å². The average molecular weight is 459 g/mol. The number of nitrogens with zero attached hydrogens (tertiary/aromatic N) is 3. The zero-order valence-electron chi connectivity index (χ0n) is 17.9.